The van der Waals surface area contributed by atoms with Gasteiger partial charge < -0.3 is 10.2 Å². The molecule has 0 bridgehead atoms. The Bertz CT molecular complexity index is 748. The third kappa shape index (κ3) is 3.42. The van der Waals surface area contributed by atoms with E-state index in [4.69, 9.17) is 0 Å². The van der Waals surface area contributed by atoms with Crippen LogP contribution in [0.2, 0.25) is 0 Å². The molecule has 1 N–H and O–H groups in total. The SMILES string of the molecule is CCCN1CCC(NC(=O)c2cnc3ccccn3c2=O)CC1. The fourth-order valence-electron chi connectivity index (χ4n) is 3.06. The molecule has 2 aromatic heterocycles. The molecule has 1 aliphatic rings. The molecule has 2 aromatic rings. The number of piperidine rings is 1. The summed E-state index contributed by atoms with van der Waals surface area (Å²) < 4.78 is 1.40. The number of amides is 1. The Balaban J connectivity index is 1.70. The highest BCUT2D eigenvalue weighted by atomic mass is 16.2. The fourth-order valence-corrected chi connectivity index (χ4v) is 3.06. The molecule has 1 aliphatic heterocycles. The molecule has 3 heterocycles. The molecule has 122 valence electrons. The van der Waals surface area contributed by atoms with Gasteiger partial charge in [-0.05, 0) is 37.9 Å². The summed E-state index contributed by atoms with van der Waals surface area (Å²) in [6.07, 6.45) is 6.00. The minimum absolute atomic E-state index is 0.102. The zero-order valence-corrected chi connectivity index (χ0v) is 13.4. The Kier molecular flexibility index (Phi) is 4.71. The van der Waals surface area contributed by atoms with Crippen LogP contribution < -0.4 is 10.9 Å². The maximum atomic E-state index is 12.4. The Hall–Kier alpha value is -2.21. The third-order valence-electron chi connectivity index (χ3n) is 4.32. The number of carbonyl (C=O) groups is 1. The van der Waals surface area contributed by atoms with Crippen molar-refractivity contribution < 1.29 is 4.79 Å². The highest BCUT2D eigenvalue weighted by Gasteiger charge is 2.22. The molecule has 0 saturated carbocycles. The summed E-state index contributed by atoms with van der Waals surface area (Å²) in [4.78, 5) is 31.4. The molecule has 0 spiro atoms. The van der Waals surface area contributed by atoms with Gasteiger partial charge in [0.1, 0.15) is 11.2 Å². The number of hydrogen-bond donors (Lipinski definition) is 1. The van der Waals surface area contributed by atoms with Crippen LogP contribution in [0.5, 0.6) is 0 Å². The van der Waals surface area contributed by atoms with E-state index in [1.165, 1.54) is 10.6 Å². The lowest BCUT2D eigenvalue weighted by Crippen LogP contribution is -2.45. The Morgan fingerprint density at radius 1 is 1.35 bits per heavy atom. The molecule has 0 atom stereocenters. The maximum absolute atomic E-state index is 12.4. The molecule has 6 nitrogen and oxygen atoms in total. The minimum Gasteiger partial charge on any atom is -0.349 e. The van der Waals surface area contributed by atoms with Crippen LogP contribution in [0, 0.1) is 0 Å². The van der Waals surface area contributed by atoms with Gasteiger partial charge in [0.25, 0.3) is 11.5 Å². The summed E-state index contributed by atoms with van der Waals surface area (Å²) >= 11 is 0. The summed E-state index contributed by atoms with van der Waals surface area (Å²) in [6, 6.07) is 5.44. The first-order valence-electron chi connectivity index (χ1n) is 8.18. The number of likely N-dealkylation sites (tertiary alicyclic amines) is 1. The highest BCUT2D eigenvalue weighted by Crippen LogP contribution is 2.11. The monoisotopic (exact) mass is 314 g/mol. The van der Waals surface area contributed by atoms with Crippen molar-refractivity contribution >= 4 is 11.6 Å². The predicted molar refractivity (Wildman–Crippen MR) is 88.7 cm³/mol. The predicted octanol–water partition coefficient (Wildman–Crippen LogP) is 1.30. The van der Waals surface area contributed by atoms with Crippen molar-refractivity contribution in [1.29, 1.82) is 0 Å². The van der Waals surface area contributed by atoms with Crippen molar-refractivity contribution in [3.8, 4) is 0 Å². The van der Waals surface area contributed by atoms with Crippen LogP contribution in [0.1, 0.15) is 36.5 Å². The van der Waals surface area contributed by atoms with Crippen molar-refractivity contribution in [2.45, 2.75) is 32.2 Å². The number of carbonyl (C=O) groups excluding carboxylic acids is 1. The Morgan fingerprint density at radius 2 is 2.13 bits per heavy atom. The first kappa shape index (κ1) is 15.7. The summed E-state index contributed by atoms with van der Waals surface area (Å²) in [5.74, 6) is -0.324. The van der Waals surface area contributed by atoms with Gasteiger partial charge in [-0.25, -0.2) is 4.98 Å². The maximum Gasteiger partial charge on any atom is 0.270 e. The second kappa shape index (κ2) is 6.91. The van der Waals surface area contributed by atoms with Crippen molar-refractivity contribution in [2.75, 3.05) is 19.6 Å². The quantitative estimate of drug-likeness (QED) is 0.924. The van der Waals surface area contributed by atoms with E-state index in [2.05, 4.69) is 22.1 Å². The summed E-state index contributed by atoms with van der Waals surface area (Å²) in [5.41, 5.74) is 0.322. The van der Waals surface area contributed by atoms with Gasteiger partial charge in [-0.2, -0.15) is 0 Å². The second-order valence-corrected chi connectivity index (χ2v) is 6.00. The number of aromatic nitrogens is 2. The first-order valence-corrected chi connectivity index (χ1v) is 8.18. The number of rotatable bonds is 4. The molecule has 0 unspecified atom stereocenters. The van der Waals surface area contributed by atoms with E-state index in [1.54, 1.807) is 18.3 Å². The van der Waals surface area contributed by atoms with E-state index in [9.17, 15) is 9.59 Å². The van der Waals surface area contributed by atoms with Gasteiger partial charge in [-0.1, -0.05) is 13.0 Å². The Labute approximate surface area is 135 Å². The summed E-state index contributed by atoms with van der Waals surface area (Å²) in [6.45, 7) is 5.27. The molecule has 0 aliphatic carbocycles. The molecule has 1 amide bonds. The van der Waals surface area contributed by atoms with E-state index in [0.29, 0.717) is 5.65 Å². The minimum atomic E-state index is -0.324. The molecule has 6 heteroatoms. The highest BCUT2D eigenvalue weighted by molar-refractivity contribution is 5.93. The van der Waals surface area contributed by atoms with E-state index < -0.39 is 0 Å². The van der Waals surface area contributed by atoms with Gasteiger partial charge in [-0.15, -0.1) is 0 Å². The molecule has 1 saturated heterocycles. The van der Waals surface area contributed by atoms with E-state index in [1.807, 2.05) is 6.07 Å². The lowest BCUT2D eigenvalue weighted by Gasteiger charge is -2.32. The lowest BCUT2D eigenvalue weighted by atomic mass is 10.0. The van der Waals surface area contributed by atoms with Gasteiger partial charge in [-0.3, -0.25) is 14.0 Å². The molecule has 0 aromatic carbocycles. The van der Waals surface area contributed by atoms with Crippen LogP contribution in [0.15, 0.2) is 35.4 Å². The number of nitrogens with one attached hydrogen (secondary N) is 1. The fraction of sp³-hybridized carbons (Fsp3) is 0.471. The summed E-state index contributed by atoms with van der Waals surface area (Å²) in [5, 5.41) is 2.98. The van der Waals surface area contributed by atoms with Gasteiger partial charge in [0.15, 0.2) is 0 Å². The standard InChI is InChI=1S/C17H22N4O2/c1-2-8-20-10-6-13(7-11-20)19-16(22)14-12-18-15-5-3-4-9-21(15)17(14)23/h3-5,9,12-13H,2,6-8,10-11H2,1H3,(H,19,22). The van der Waals surface area contributed by atoms with Crippen LogP contribution >= 0.6 is 0 Å². The van der Waals surface area contributed by atoms with E-state index in [0.717, 1.165) is 38.9 Å². The van der Waals surface area contributed by atoms with Crippen LogP contribution in [-0.2, 0) is 0 Å². The molecule has 3 rings (SSSR count). The molecule has 0 radical (unpaired) electrons. The largest absolute Gasteiger partial charge is 0.349 e. The van der Waals surface area contributed by atoms with Crippen LogP contribution in [0.25, 0.3) is 5.65 Å². The number of hydrogen-bond acceptors (Lipinski definition) is 4. The molecule has 1 fully saturated rings. The normalized spacial score (nSPS) is 16.6. The van der Waals surface area contributed by atoms with Gasteiger partial charge in [0.05, 0.1) is 0 Å². The van der Waals surface area contributed by atoms with Crippen LogP contribution in [0.3, 0.4) is 0 Å². The van der Waals surface area contributed by atoms with Crippen molar-refractivity contribution in [1.82, 2.24) is 19.6 Å². The van der Waals surface area contributed by atoms with Crippen LogP contribution in [-0.4, -0.2) is 45.9 Å². The van der Waals surface area contributed by atoms with Crippen molar-refractivity contribution in [3.05, 3.63) is 46.5 Å². The van der Waals surface area contributed by atoms with Gasteiger partial charge >= 0.3 is 0 Å². The lowest BCUT2D eigenvalue weighted by molar-refractivity contribution is 0.0909. The second-order valence-electron chi connectivity index (χ2n) is 6.00. The zero-order chi connectivity index (χ0) is 16.2. The molecular weight excluding hydrogens is 292 g/mol. The van der Waals surface area contributed by atoms with Gasteiger partial charge in [0, 0.05) is 31.5 Å². The van der Waals surface area contributed by atoms with Crippen molar-refractivity contribution in [3.63, 3.8) is 0 Å². The smallest absolute Gasteiger partial charge is 0.270 e. The van der Waals surface area contributed by atoms with E-state index in [-0.39, 0.29) is 23.1 Å². The average Bonchev–Trinajstić information content (AvgIpc) is 2.57. The molecular formula is C17H22N4O2. The van der Waals surface area contributed by atoms with Gasteiger partial charge in [0.2, 0.25) is 0 Å². The van der Waals surface area contributed by atoms with Crippen LogP contribution in [0.4, 0.5) is 0 Å². The number of fused-ring (bicyclic) bond motifs is 1. The third-order valence-corrected chi connectivity index (χ3v) is 4.32. The molecule has 23 heavy (non-hydrogen) atoms. The zero-order valence-electron chi connectivity index (χ0n) is 13.4. The van der Waals surface area contributed by atoms with Crippen molar-refractivity contribution in [2.24, 2.45) is 0 Å². The topological polar surface area (TPSA) is 66.7 Å². The number of nitrogens with zero attached hydrogens (tertiary/aromatic N) is 3. The first-order chi connectivity index (χ1) is 11.2. The average molecular weight is 314 g/mol. The summed E-state index contributed by atoms with van der Waals surface area (Å²) in [7, 11) is 0. The Morgan fingerprint density at radius 3 is 2.87 bits per heavy atom. The number of pyridine rings is 1. The van der Waals surface area contributed by atoms with E-state index >= 15 is 0 Å².